The second-order valence-electron chi connectivity index (χ2n) is 4.05. The fourth-order valence-electron chi connectivity index (χ4n) is 1.40. The molecule has 0 aliphatic rings. The maximum atomic E-state index is 11.2. The lowest BCUT2D eigenvalue weighted by molar-refractivity contribution is -0.154. The van der Waals surface area contributed by atoms with Gasteiger partial charge in [-0.25, -0.2) is 4.79 Å². The summed E-state index contributed by atoms with van der Waals surface area (Å²) in [5, 5.41) is 8.70. The van der Waals surface area contributed by atoms with Crippen LogP contribution in [0.3, 0.4) is 0 Å². The summed E-state index contributed by atoms with van der Waals surface area (Å²) in [6, 6.07) is 0. The SMILES string of the molecule is CCCCCCCCOC(=O)C(O)CC(=O)S. The topological polar surface area (TPSA) is 63.6 Å². The summed E-state index contributed by atoms with van der Waals surface area (Å²) in [6.07, 6.45) is 4.95. The number of unbranched alkanes of at least 4 members (excludes halogenated alkanes) is 5. The van der Waals surface area contributed by atoms with Crippen molar-refractivity contribution >= 4 is 23.7 Å². The molecular formula is C12H22O4S. The summed E-state index contributed by atoms with van der Waals surface area (Å²) >= 11 is 3.48. The molecular weight excluding hydrogens is 240 g/mol. The third-order valence-electron chi connectivity index (χ3n) is 2.38. The minimum Gasteiger partial charge on any atom is -0.464 e. The van der Waals surface area contributed by atoms with E-state index in [9.17, 15) is 14.7 Å². The number of aliphatic hydroxyl groups is 1. The minimum atomic E-state index is -1.37. The molecule has 0 aliphatic carbocycles. The predicted octanol–water partition coefficient (Wildman–Crippen LogP) is 2.10. The fraction of sp³-hybridized carbons (Fsp3) is 0.833. The van der Waals surface area contributed by atoms with Crippen molar-refractivity contribution in [1.29, 1.82) is 0 Å². The smallest absolute Gasteiger partial charge is 0.335 e. The first-order valence-electron chi connectivity index (χ1n) is 6.14. The van der Waals surface area contributed by atoms with E-state index >= 15 is 0 Å². The third-order valence-corrected chi connectivity index (χ3v) is 2.56. The second-order valence-corrected chi connectivity index (χ2v) is 4.55. The van der Waals surface area contributed by atoms with Crippen molar-refractivity contribution in [3.63, 3.8) is 0 Å². The summed E-state index contributed by atoms with van der Waals surface area (Å²) in [6.45, 7) is 2.47. The van der Waals surface area contributed by atoms with Crippen molar-refractivity contribution in [2.75, 3.05) is 6.61 Å². The lowest BCUT2D eigenvalue weighted by Crippen LogP contribution is -2.25. The molecule has 5 heteroatoms. The number of carbonyl (C=O) groups excluding carboxylic acids is 2. The maximum absolute atomic E-state index is 11.2. The van der Waals surface area contributed by atoms with Gasteiger partial charge in [0.2, 0.25) is 0 Å². The van der Waals surface area contributed by atoms with E-state index in [0.29, 0.717) is 6.61 Å². The Kier molecular flexibility index (Phi) is 10.3. The summed E-state index contributed by atoms with van der Waals surface area (Å²) in [7, 11) is 0. The molecule has 17 heavy (non-hydrogen) atoms. The quantitative estimate of drug-likeness (QED) is 0.359. The van der Waals surface area contributed by atoms with Crippen molar-refractivity contribution in [3.8, 4) is 0 Å². The highest BCUT2D eigenvalue weighted by Gasteiger charge is 2.18. The molecule has 0 rings (SSSR count). The van der Waals surface area contributed by atoms with Crippen molar-refractivity contribution in [2.24, 2.45) is 0 Å². The normalized spacial score (nSPS) is 12.2. The first kappa shape index (κ1) is 16.4. The highest BCUT2D eigenvalue weighted by atomic mass is 32.1. The Balaban J connectivity index is 3.41. The molecule has 1 unspecified atom stereocenters. The monoisotopic (exact) mass is 262 g/mol. The van der Waals surface area contributed by atoms with Gasteiger partial charge >= 0.3 is 5.97 Å². The maximum Gasteiger partial charge on any atom is 0.335 e. The van der Waals surface area contributed by atoms with Crippen molar-refractivity contribution in [3.05, 3.63) is 0 Å². The number of carbonyl (C=O) groups is 2. The lowest BCUT2D eigenvalue weighted by atomic mass is 10.1. The largest absolute Gasteiger partial charge is 0.464 e. The number of hydrogen-bond donors (Lipinski definition) is 2. The predicted molar refractivity (Wildman–Crippen MR) is 69.0 cm³/mol. The Morgan fingerprint density at radius 1 is 1.18 bits per heavy atom. The third kappa shape index (κ3) is 10.3. The highest BCUT2D eigenvalue weighted by Crippen LogP contribution is 2.05. The van der Waals surface area contributed by atoms with Gasteiger partial charge in [-0.2, -0.15) is 0 Å². The van der Waals surface area contributed by atoms with Crippen molar-refractivity contribution < 1.29 is 19.4 Å². The van der Waals surface area contributed by atoms with Crippen LogP contribution in [-0.4, -0.2) is 28.9 Å². The van der Waals surface area contributed by atoms with Crippen LogP contribution < -0.4 is 0 Å². The van der Waals surface area contributed by atoms with Crippen LogP contribution in [0.15, 0.2) is 0 Å². The first-order chi connectivity index (χ1) is 8.07. The standard InChI is InChI=1S/C12H22O4S/c1-2-3-4-5-6-7-8-16-12(15)10(13)9-11(14)17/h10,13H,2-9H2,1H3,(H,14,17). The number of hydrogen-bond acceptors (Lipinski definition) is 4. The van der Waals surface area contributed by atoms with Crippen molar-refractivity contribution in [2.45, 2.75) is 58.0 Å². The molecule has 0 aliphatic heterocycles. The summed E-state index contributed by atoms with van der Waals surface area (Å²) in [5.74, 6) is -0.735. The zero-order chi connectivity index (χ0) is 13.1. The van der Waals surface area contributed by atoms with E-state index in [4.69, 9.17) is 4.74 Å². The Morgan fingerprint density at radius 3 is 2.35 bits per heavy atom. The van der Waals surface area contributed by atoms with E-state index in [-0.39, 0.29) is 6.42 Å². The number of thiol groups is 1. The molecule has 1 atom stereocenters. The zero-order valence-electron chi connectivity index (χ0n) is 10.4. The summed E-state index contributed by atoms with van der Waals surface area (Å²) in [5.41, 5.74) is 0. The van der Waals surface area contributed by atoms with Gasteiger partial charge in [0.25, 0.3) is 0 Å². The number of rotatable bonds is 10. The summed E-state index contributed by atoms with van der Waals surface area (Å²) in [4.78, 5) is 21.7. The van der Waals surface area contributed by atoms with Crippen LogP contribution in [0.4, 0.5) is 0 Å². The average Bonchev–Trinajstić information content (AvgIpc) is 2.26. The van der Waals surface area contributed by atoms with Crippen LogP contribution in [-0.2, 0) is 14.3 Å². The zero-order valence-corrected chi connectivity index (χ0v) is 11.2. The van der Waals surface area contributed by atoms with Gasteiger partial charge in [0, 0.05) is 0 Å². The molecule has 0 aromatic heterocycles. The van der Waals surface area contributed by atoms with Gasteiger partial charge in [-0.05, 0) is 6.42 Å². The van der Waals surface area contributed by atoms with E-state index in [0.717, 1.165) is 19.3 Å². The Bertz CT molecular complexity index is 231. The lowest BCUT2D eigenvalue weighted by Gasteiger charge is -2.08. The molecule has 0 bridgehead atoms. The molecule has 0 fully saturated rings. The van der Waals surface area contributed by atoms with Crippen molar-refractivity contribution in [1.82, 2.24) is 0 Å². The minimum absolute atomic E-state index is 0.293. The van der Waals surface area contributed by atoms with Crippen LogP contribution in [0, 0.1) is 0 Å². The molecule has 0 radical (unpaired) electrons. The van der Waals surface area contributed by atoms with E-state index < -0.39 is 17.2 Å². The van der Waals surface area contributed by atoms with Crippen LogP contribution in [0.25, 0.3) is 0 Å². The molecule has 0 saturated carbocycles. The Hall–Kier alpha value is -0.550. The van der Waals surface area contributed by atoms with Gasteiger partial charge in [-0.15, -0.1) is 12.6 Å². The van der Waals surface area contributed by atoms with E-state index in [1.165, 1.54) is 19.3 Å². The van der Waals surface area contributed by atoms with E-state index in [1.807, 2.05) is 0 Å². The van der Waals surface area contributed by atoms with Gasteiger partial charge in [-0.3, -0.25) is 4.79 Å². The van der Waals surface area contributed by atoms with Gasteiger partial charge < -0.3 is 9.84 Å². The first-order valence-corrected chi connectivity index (χ1v) is 6.59. The number of aliphatic hydroxyl groups excluding tert-OH is 1. The van der Waals surface area contributed by atoms with Crippen LogP contribution in [0.2, 0.25) is 0 Å². The molecule has 0 aromatic carbocycles. The molecule has 0 aromatic rings. The van der Waals surface area contributed by atoms with E-state index in [1.54, 1.807) is 0 Å². The average molecular weight is 262 g/mol. The van der Waals surface area contributed by atoms with Gasteiger partial charge in [-0.1, -0.05) is 39.0 Å². The van der Waals surface area contributed by atoms with Crippen LogP contribution in [0.5, 0.6) is 0 Å². The molecule has 0 spiro atoms. The van der Waals surface area contributed by atoms with Gasteiger partial charge in [0.15, 0.2) is 11.2 Å². The highest BCUT2D eigenvalue weighted by molar-refractivity contribution is 7.96. The molecule has 0 heterocycles. The fourth-order valence-corrected chi connectivity index (χ4v) is 1.57. The number of esters is 1. The van der Waals surface area contributed by atoms with Crippen LogP contribution >= 0.6 is 12.6 Å². The Morgan fingerprint density at radius 2 is 1.76 bits per heavy atom. The molecule has 1 N–H and O–H groups in total. The molecule has 4 nitrogen and oxygen atoms in total. The Labute approximate surface area is 108 Å². The van der Waals surface area contributed by atoms with Crippen LogP contribution in [0.1, 0.15) is 51.9 Å². The molecule has 0 saturated heterocycles. The number of ether oxygens (including phenoxy) is 1. The molecule has 100 valence electrons. The molecule has 0 amide bonds. The second kappa shape index (κ2) is 10.6. The van der Waals surface area contributed by atoms with E-state index in [2.05, 4.69) is 19.6 Å². The van der Waals surface area contributed by atoms with Gasteiger partial charge in [0.1, 0.15) is 0 Å². The summed E-state index contributed by atoms with van der Waals surface area (Å²) < 4.78 is 4.84. The van der Waals surface area contributed by atoms with Gasteiger partial charge in [0.05, 0.1) is 13.0 Å².